The summed E-state index contributed by atoms with van der Waals surface area (Å²) in [6.45, 7) is 12.6. The van der Waals surface area contributed by atoms with Gasteiger partial charge in [0.2, 0.25) is 5.88 Å². The summed E-state index contributed by atoms with van der Waals surface area (Å²) < 4.78 is 40.0. The summed E-state index contributed by atoms with van der Waals surface area (Å²) in [6.07, 6.45) is -1.37. The molecule has 10 heteroatoms. The average molecular weight is 458 g/mol. The predicted octanol–water partition coefficient (Wildman–Crippen LogP) is 4.69. The van der Waals surface area contributed by atoms with Crippen LogP contribution in [0.2, 0.25) is 0 Å². The maximum atomic E-state index is 13.8. The number of aromatic nitrogens is 3. The lowest BCUT2D eigenvalue weighted by atomic mass is 10.0. The number of rotatable bonds is 7. The quantitative estimate of drug-likeness (QED) is 0.581. The van der Waals surface area contributed by atoms with Gasteiger partial charge in [0.1, 0.15) is 0 Å². The van der Waals surface area contributed by atoms with Crippen LogP contribution in [-0.2, 0) is 10.3 Å². The first-order chi connectivity index (χ1) is 14.9. The van der Waals surface area contributed by atoms with E-state index in [0.717, 1.165) is 6.20 Å². The molecule has 1 unspecified atom stereocenters. The van der Waals surface area contributed by atoms with Crippen molar-refractivity contribution >= 4 is 5.97 Å². The summed E-state index contributed by atoms with van der Waals surface area (Å²) in [7, 11) is 0. The Kier molecular flexibility index (Phi) is 10.2. The second-order valence-corrected chi connectivity index (χ2v) is 7.87. The van der Waals surface area contributed by atoms with E-state index < -0.39 is 29.6 Å². The first-order valence-electron chi connectivity index (χ1n) is 10.4. The molecule has 32 heavy (non-hydrogen) atoms. The molecule has 2 aromatic heterocycles. The van der Waals surface area contributed by atoms with Gasteiger partial charge in [-0.3, -0.25) is 4.98 Å². The van der Waals surface area contributed by atoms with Crippen LogP contribution in [0.25, 0.3) is 0 Å². The largest absolute Gasteiger partial charge is 0.461 e. The zero-order chi connectivity index (χ0) is 24.6. The fourth-order valence-corrected chi connectivity index (χ4v) is 2.82. The Morgan fingerprint density at radius 3 is 2.28 bits per heavy atom. The van der Waals surface area contributed by atoms with Crippen molar-refractivity contribution < 1.29 is 33.3 Å². The maximum absolute atomic E-state index is 13.8. The summed E-state index contributed by atoms with van der Waals surface area (Å²) in [6, 6.07) is 0. The van der Waals surface area contributed by atoms with E-state index >= 15 is 0 Å². The number of halogens is 2. The number of pyridine rings is 1. The minimum Gasteiger partial charge on any atom is -0.461 e. The van der Waals surface area contributed by atoms with Crippen LogP contribution in [0.1, 0.15) is 87.7 Å². The fraction of sp³-hybridized carbons (Fsp3) is 0.591. The van der Waals surface area contributed by atoms with Crippen molar-refractivity contribution in [1.29, 1.82) is 0 Å². The molecule has 0 bridgehead atoms. The molecule has 0 aromatic carbocycles. The van der Waals surface area contributed by atoms with Crippen LogP contribution >= 0.6 is 0 Å². The molecule has 0 aliphatic carbocycles. The number of hydrogen-bond donors (Lipinski definition) is 2. The van der Waals surface area contributed by atoms with Gasteiger partial charge in [-0.25, -0.2) is 18.3 Å². The number of alkyl halides is 2. The third-order valence-corrected chi connectivity index (χ3v) is 4.32. The van der Waals surface area contributed by atoms with Gasteiger partial charge in [0.25, 0.3) is 6.43 Å². The second-order valence-electron chi connectivity index (χ2n) is 7.87. The fourth-order valence-electron chi connectivity index (χ4n) is 2.82. The molecule has 2 aromatic rings. The van der Waals surface area contributed by atoms with Crippen molar-refractivity contribution in [1.82, 2.24) is 14.8 Å². The zero-order valence-electron chi connectivity index (χ0n) is 19.6. The Balaban J connectivity index is 0.00000161. The summed E-state index contributed by atoms with van der Waals surface area (Å²) in [5, 5.41) is 22.0. The number of carbonyl (C=O) groups excluding carboxylic acids is 1. The number of nitrogens with zero attached hydrogens (tertiary/aromatic N) is 3. The molecule has 180 valence electrons. The molecular weight excluding hydrogens is 424 g/mol. The van der Waals surface area contributed by atoms with E-state index in [1.807, 2.05) is 20.8 Å². The van der Waals surface area contributed by atoms with Crippen LogP contribution in [0, 0.1) is 6.92 Å². The Bertz CT molecular complexity index is 894. The Hall–Kier alpha value is -2.59. The molecule has 0 saturated heterocycles. The highest BCUT2D eigenvalue weighted by molar-refractivity contribution is 5.89. The highest BCUT2D eigenvalue weighted by atomic mass is 19.3. The van der Waals surface area contributed by atoms with Gasteiger partial charge in [0, 0.05) is 23.9 Å². The highest BCUT2D eigenvalue weighted by Crippen LogP contribution is 2.39. The minimum atomic E-state index is -2.89. The van der Waals surface area contributed by atoms with E-state index in [9.17, 15) is 18.7 Å². The van der Waals surface area contributed by atoms with Crippen LogP contribution in [0.5, 0.6) is 11.6 Å². The molecule has 0 fully saturated rings. The van der Waals surface area contributed by atoms with E-state index in [2.05, 4.69) is 10.1 Å². The monoisotopic (exact) mass is 457 g/mol. The molecule has 0 spiro atoms. The summed E-state index contributed by atoms with van der Waals surface area (Å²) >= 11 is 0. The van der Waals surface area contributed by atoms with Crippen LogP contribution in [0.15, 0.2) is 12.4 Å². The molecule has 2 N–H and O–H groups in total. The van der Waals surface area contributed by atoms with E-state index in [1.54, 1.807) is 27.7 Å². The molecule has 0 aliphatic heterocycles. The molecule has 0 amide bonds. The van der Waals surface area contributed by atoms with E-state index in [-0.39, 0.29) is 42.5 Å². The smallest absolute Gasteiger partial charge is 0.359 e. The molecule has 0 saturated carbocycles. The summed E-state index contributed by atoms with van der Waals surface area (Å²) in [4.78, 5) is 16.2. The average Bonchev–Trinajstić information content (AvgIpc) is 3.04. The molecule has 0 aliphatic rings. The van der Waals surface area contributed by atoms with Crippen molar-refractivity contribution in [2.45, 2.75) is 73.0 Å². The SMILES string of the molecule is CCO.CCOC(=O)c1nn(C(C)(C)C)c(Oc2cncc(C(O)CC)c2C(F)F)c1C. The van der Waals surface area contributed by atoms with Gasteiger partial charge >= 0.3 is 5.97 Å². The normalized spacial score (nSPS) is 12.2. The Morgan fingerprint density at radius 1 is 1.22 bits per heavy atom. The van der Waals surface area contributed by atoms with Crippen LogP contribution in [0.3, 0.4) is 0 Å². The third-order valence-electron chi connectivity index (χ3n) is 4.32. The molecule has 0 radical (unpaired) electrons. The highest BCUT2D eigenvalue weighted by Gasteiger charge is 2.30. The second kappa shape index (κ2) is 11.9. The Labute approximate surface area is 187 Å². The summed E-state index contributed by atoms with van der Waals surface area (Å²) in [5.74, 6) is -0.693. The first kappa shape index (κ1) is 27.4. The van der Waals surface area contributed by atoms with Gasteiger partial charge in [-0.15, -0.1) is 0 Å². The minimum absolute atomic E-state index is 0.00472. The van der Waals surface area contributed by atoms with Crippen LogP contribution in [-0.4, -0.2) is 44.2 Å². The van der Waals surface area contributed by atoms with E-state index in [1.165, 1.54) is 10.9 Å². The molecular formula is C22H33F2N3O5. The van der Waals surface area contributed by atoms with Crippen LogP contribution < -0.4 is 4.74 Å². The number of carbonyl (C=O) groups is 1. The molecule has 2 heterocycles. The van der Waals surface area contributed by atoms with Gasteiger partial charge in [-0.2, -0.15) is 5.10 Å². The van der Waals surface area contributed by atoms with Crippen LogP contribution in [0.4, 0.5) is 8.78 Å². The number of aliphatic hydroxyl groups is 2. The lowest BCUT2D eigenvalue weighted by Crippen LogP contribution is -2.24. The topological polar surface area (TPSA) is 107 Å². The number of esters is 1. The number of hydrogen-bond acceptors (Lipinski definition) is 7. The van der Waals surface area contributed by atoms with Gasteiger partial charge in [0.05, 0.1) is 30.0 Å². The van der Waals surface area contributed by atoms with Gasteiger partial charge in [0.15, 0.2) is 11.4 Å². The van der Waals surface area contributed by atoms with E-state index in [0.29, 0.717) is 5.56 Å². The van der Waals surface area contributed by atoms with Crippen molar-refractivity contribution in [3.63, 3.8) is 0 Å². The number of ether oxygens (including phenoxy) is 2. The Morgan fingerprint density at radius 2 is 1.81 bits per heavy atom. The van der Waals surface area contributed by atoms with Crippen molar-refractivity contribution in [3.05, 3.63) is 34.8 Å². The number of aliphatic hydroxyl groups excluding tert-OH is 2. The summed E-state index contributed by atoms with van der Waals surface area (Å²) in [5.41, 5.74) is -0.629. The van der Waals surface area contributed by atoms with Crippen molar-refractivity contribution in [3.8, 4) is 11.6 Å². The van der Waals surface area contributed by atoms with Gasteiger partial charge in [-0.1, -0.05) is 6.92 Å². The lowest BCUT2D eigenvalue weighted by Gasteiger charge is -2.23. The maximum Gasteiger partial charge on any atom is 0.359 e. The van der Waals surface area contributed by atoms with Gasteiger partial charge in [-0.05, 0) is 48.0 Å². The van der Waals surface area contributed by atoms with Crippen molar-refractivity contribution in [2.75, 3.05) is 13.2 Å². The molecule has 2 rings (SSSR count). The molecule has 1 atom stereocenters. The van der Waals surface area contributed by atoms with Crippen molar-refractivity contribution in [2.24, 2.45) is 0 Å². The predicted molar refractivity (Wildman–Crippen MR) is 115 cm³/mol. The van der Waals surface area contributed by atoms with E-state index in [4.69, 9.17) is 14.6 Å². The first-order valence-corrected chi connectivity index (χ1v) is 10.4. The molecule has 8 nitrogen and oxygen atoms in total. The zero-order valence-corrected chi connectivity index (χ0v) is 19.6. The standard InChI is InChI=1S/C20H27F2N3O4.C2H6O/c1-7-13(26)12-9-23-10-14(15(12)17(21)22)29-18-11(3)16(19(27)28-8-2)24-25(18)20(4,5)6;1-2-3/h9-10,13,17,26H,7-8H2,1-6H3;3H,2H2,1H3. The lowest BCUT2D eigenvalue weighted by molar-refractivity contribution is 0.0516. The third kappa shape index (κ3) is 6.46. The van der Waals surface area contributed by atoms with Gasteiger partial charge < -0.3 is 19.7 Å².